The molecule has 3 fully saturated rings. The zero-order chi connectivity index (χ0) is 27.2. The smallest absolute Gasteiger partial charge is 0.300 e. The summed E-state index contributed by atoms with van der Waals surface area (Å²) in [6.45, 7) is 12.1. The number of hydrogen-bond acceptors (Lipinski definition) is 9. The van der Waals surface area contributed by atoms with E-state index in [0.29, 0.717) is 24.1 Å². The average Bonchev–Trinajstić information content (AvgIpc) is 3.31. The summed E-state index contributed by atoms with van der Waals surface area (Å²) in [6.07, 6.45) is 0.672. The van der Waals surface area contributed by atoms with Gasteiger partial charge in [0.25, 0.3) is 11.9 Å². The maximum Gasteiger partial charge on any atom is 0.300 e. The van der Waals surface area contributed by atoms with Crippen LogP contribution in [0.1, 0.15) is 25.8 Å². The fourth-order valence-electron chi connectivity index (χ4n) is 4.72. The van der Waals surface area contributed by atoms with E-state index >= 15 is 0 Å². The van der Waals surface area contributed by atoms with Crippen LogP contribution in [0.2, 0.25) is 0 Å². The Bertz CT molecular complexity index is 800. The molecule has 1 unspecified atom stereocenters. The predicted molar refractivity (Wildman–Crippen MR) is 138 cm³/mol. The molecular weight excluding hydrogens is 482 g/mol. The number of benzene rings is 1. The van der Waals surface area contributed by atoms with E-state index in [-0.39, 0.29) is 6.61 Å². The molecule has 11 heteroatoms. The van der Waals surface area contributed by atoms with E-state index in [2.05, 4.69) is 27.2 Å². The fraction of sp³-hybridized carbons (Fsp3) is 0.692. The van der Waals surface area contributed by atoms with Gasteiger partial charge in [0.15, 0.2) is 11.5 Å². The number of aliphatic hydroxyl groups is 1. The van der Waals surface area contributed by atoms with Crippen molar-refractivity contribution < 1.29 is 39.1 Å². The van der Waals surface area contributed by atoms with Crippen LogP contribution in [0, 0.1) is 11.8 Å². The Balaban J connectivity index is 0.000000530. The van der Waals surface area contributed by atoms with Crippen molar-refractivity contribution in [2.24, 2.45) is 11.8 Å². The number of hydrogen-bond donors (Lipinski definition) is 4. The quantitative estimate of drug-likeness (QED) is 0.386. The first kappa shape index (κ1) is 30.8. The van der Waals surface area contributed by atoms with E-state index in [1.807, 2.05) is 6.07 Å². The molecule has 1 aromatic carbocycles. The fourth-order valence-corrected chi connectivity index (χ4v) is 4.72. The molecule has 11 nitrogen and oxygen atoms in total. The van der Waals surface area contributed by atoms with Crippen molar-refractivity contribution in [2.75, 3.05) is 72.7 Å². The third kappa shape index (κ3) is 12.1. The number of aliphatic carboxylic acids is 2. The average molecular weight is 526 g/mol. The van der Waals surface area contributed by atoms with Gasteiger partial charge in [0.1, 0.15) is 12.7 Å². The number of likely N-dealkylation sites (tertiary alicyclic amines) is 1. The molecule has 3 saturated heterocycles. The van der Waals surface area contributed by atoms with E-state index in [4.69, 9.17) is 34.0 Å². The number of β-amino-alcohol motifs (C(OH)–C–C–N with tert-alkyl or cyclic N) is 1. The minimum Gasteiger partial charge on any atom is -0.493 e. The first-order valence-corrected chi connectivity index (χ1v) is 12.8. The summed E-state index contributed by atoms with van der Waals surface area (Å²) in [5.74, 6) is 1.03. The van der Waals surface area contributed by atoms with Crippen LogP contribution < -0.4 is 14.8 Å². The van der Waals surface area contributed by atoms with Gasteiger partial charge < -0.3 is 34.8 Å². The number of carbonyl (C=O) groups is 2. The Labute approximate surface area is 219 Å². The van der Waals surface area contributed by atoms with Crippen LogP contribution in [0.15, 0.2) is 18.2 Å². The van der Waals surface area contributed by atoms with Crippen molar-refractivity contribution in [3.8, 4) is 11.5 Å². The number of nitrogens with zero attached hydrogens (tertiary/aromatic N) is 2. The lowest BCUT2D eigenvalue weighted by molar-refractivity contribution is -0.135. The van der Waals surface area contributed by atoms with Gasteiger partial charge in [-0.3, -0.25) is 19.4 Å². The number of fused-ring (bicyclic) bond motifs is 1. The summed E-state index contributed by atoms with van der Waals surface area (Å²) in [6, 6.07) is 6.13. The van der Waals surface area contributed by atoms with E-state index in [1.54, 1.807) is 7.11 Å². The highest BCUT2D eigenvalue weighted by Crippen LogP contribution is 2.30. The van der Waals surface area contributed by atoms with Gasteiger partial charge in [-0.05, 0) is 37.2 Å². The second-order valence-corrected chi connectivity index (χ2v) is 9.64. The van der Waals surface area contributed by atoms with Crippen LogP contribution in [-0.4, -0.2) is 116 Å². The lowest BCUT2D eigenvalue weighted by atomic mass is 10.0. The van der Waals surface area contributed by atoms with Gasteiger partial charge in [0.2, 0.25) is 0 Å². The van der Waals surface area contributed by atoms with Crippen LogP contribution in [0.5, 0.6) is 11.5 Å². The van der Waals surface area contributed by atoms with Crippen molar-refractivity contribution in [1.82, 2.24) is 15.1 Å². The molecule has 3 aliphatic heterocycles. The van der Waals surface area contributed by atoms with E-state index in [1.165, 1.54) is 12.0 Å². The van der Waals surface area contributed by atoms with Crippen molar-refractivity contribution in [2.45, 2.75) is 32.9 Å². The molecule has 0 aliphatic carbocycles. The van der Waals surface area contributed by atoms with Gasteiger partial charge in [-0.1, -0.05) is 6.07 Å². The predicted octanol–water partition coefficient (Wildman–Crippen LogP) is 0.990. The maximum absolute atomic E-state index is 10.4. The number of methoxy groups -OCH3 is 1. The monoisotopic (exact) mass is 525 g/mol. The van der Waals surface area contributed by atoms with Crippen LogP contribution in [0.25, 0.3) is 0 Å². The highest BCUT2D eigenvalue weighted by molar-refractivity contribution is 5.63. The van der Waals surface area contributed by atoms with Crippen molar-refractivity contribution in [3.05, 3.63) is 23.8 Å². The lowest BCUT2D eigenvalue weighted by Crippen LogP contribution is -2.35. The normalized spacial score (nSPS) is 22.4. The number of carboxylic acids is 2. The molecule has 3 heterocycles. The molecule has 0 amide bonds. The van der Waals surface area contributed by atoms with Crippen molar-refractivity contribution in [3.63, 3.8) is 0 Å². The second-order valence-electron chi connectivity index (χ2n) is 9.64. The molecule has 210 valence electrons. The van der Waals surface area contributed by atoms with Crippen LogP contribution >= 0.6 is 0 Å². The Morgan fingerprint density at radius 2 is 1.70 bits per heavy atom. The standard InChI is InChI=1S/C22H35N3O4.2C2H4O2/c1-27-22-9-17(10-24-7-2-5-23-6-8-24)3-4-21(22)29-16-20(26)13-25-11-18-14-28-15-19(18)12-25;2*1-2(3)4/h3-4,9,18-20,23,26H,2,5-8,10-16H2,1H3;2*1H3,(H,3,4)/t18-,19+,20?;;. The Morgan fingerprint density at radius 3 is 2.32 bits per heavy atom. The van der Waals surface area contributed by atoms with Gasteiger partial charge >= 0.3 is 0 Å². The van der Waals surface area contributed by atoms with E-state index in [0.717, 1.165) is 78.6 Å². The molecule has 0 radical (unpaired) electrons. The topological polar surface area (TPSA) is 141 Å². The largest absolute Gasteiger partial charge is 0.493 e. The van der Waals surface area contributed by atoms with Crippen LogP contribution in [0.4, 0.5) is 0 Å². The third-order valence-corrected chi connectivity index (χ3v) is 6.28. The first-order chi connectivity index (χ1) is 17.7. The highest BCUT2D eigenvalue weighted by Gasteiger charge is 2.37. The Morgan fingerprint density at radius 1 is 1.05 bits per heavy atom. The lowest BCUT2D eigenvalue weighted by Gasteiger charge is -2.22. The molecule has 3 aliphatic rings. The number of nitrogens with one attached hydrogen (secondary N) is 1. The summed E-state index contributed by atoms with van der Waals surface area (Å²) in [5, 5.41) is 28.7. The number of carboxylic acid groups (broad SMARTS) is 2. The molecule has 0 bridgehead atoms. The van der Waals surface area contributed by atoms with Gasteiger partial charge in [0.05, 0.1) is 20.3 Å². The third-order valence-electron chi connectivity index (χ3n) is 6.28. The molecule has 4 N–H and O–H groups in total. The van der Waals surface area contributed by atoms with Gasteiger partial charge in [-0.25, -0.2) is 0 Å². The summed E-state index contributed by atoms with van der Waals surface area (Å²) in [7, 11) is 1.67. The van der Waals surface area contributed by atoms with Gasteiger partial charge in [-0.15, -0.1) is 0 Å². The summed E-state index contributed by atoms with van der Waals surface area (Å²) in [5.41, 5.74) is 1.22. The molecule has 3 atom stereocenters. The van der Waals surface area contributed by atoms with Gasteiger partial charge in [-0.2, -0.15) is 0 Å². The van der Waals surface area contributed by atoms with E-state index in [9.17, 15) is 5.11 Å². The second kappa shape index (κ2) is 16.4. The molecule has 4 rings (SSSR count). The van der Waals surface area contributed by atoms with Crippen molar-refractivity contribution >= 4 is 11.9 Å². The zero-order valence-electron chi connectivity index (χ0n) is 22.2. The molecule has 0 saturated carbocycles. The minimum atomic E-state index is -0.833. The van der Waals surface area contributed by atoms with Gasteiger partial charge in [0, 0.05) is 65.0 Å². The molecule has 0 aromatic heterocycles. The zero-order valence-corrected chi connectivity index (χ0v) is 22.2. The first-order valence-electron chi connectivity index (χ1n) is 12.8. The number of aliphatic hydroxyl groups excluding tert-OH is 1. The molecule has 37 heavy (non-hydrogen) atoms. The Hall–Kier alpha value is -2.44. The number of ether oxygens (including phenoxy) is 3. The molecular formula is C26H43N3O8. The van der Waals surface area contributed by atoms with Crippen LogP contribution in [0.3, 0.4) is 0 Å². The minimum absolute atomic E-state index is 0.274. The summed E-state index contributed by atoms with van der Waals surface area (Å²) < 4.78 is 17.0. The van der Waals surface area contributed by atoms with Crippen molar-refractivity contribution in [1.29, 1.82) is 0 Å². The van der Waals surface area contributed by atoms with Crippen LogP contribution in [-0.2, 0) is 20.9 Å². The Kier molecular flexibility index (Phi) is 13.7. The SMILES string of the molecule is CC(=O)O.CC(=O)O.COc1cc(CN2CCCNCC2)ccc1OCC(O)CN1C[C@H]2COC[C@H]2C1. The maximum atomic E-state index is 10.4. The van der Waals surface area contributed by atoms with E-state index < -0.39 is 18.0 Å². The highest BCUT2D eigenvalue weighted by atomic mass is 16.5. The summed E-state index contributed by atoms with van der Waals surface area (Å²) in [4.78, 5) is 22.8. The number of rotatable bonds is 8. The summed E-state index contributed by atoms with van der Waals surface area (Å²) >= 11 is 0. The molecule has 0 spiro atoms. The molecule has 1 aromatic rings.